The summed E-state index contributed by atoms with van der Waals surface area (Å²) in [5.74, 6) is -1.21. The third kappa shape index (κ3) is 1.88. The van der Waals surface area contributed by atoms with Crippen LogP contribution < -0.4 is 10.9 Å². The van der Waals surface area contributed by atoms with Crippen molar-refractivity contribution in [3.8, 4) is 5.88 Å². The van der Waals surface area contributed by atoms with Gasteiger partial charge >= 0.3 is 0 Å². The number of aromatic nitrogens is 2. The van der Waals surface area contributed by atoms with Gasteiger partial charge in [0.25, 0.3) is 11.5 Å². The number of hydrogen-bond acceptors (Lipinski definition) is 5. The lowest BCUT2D eigenvalue weighted by atomic mass is 10.3. The van der Waals surface area contributed by atoms with Crippen LogP contribution in [0.1, 0.15) is 16.1 Å². The maximum atomic E-state index is 12.1. The Morgan fingerprint density at radius 1 is 1.72 bits per heavy atom. The summed E-state index contributed by atoms with van der Waals surface area (Å²) in [6.07, 6.45) is 1.48. The predicted molar refractivity (Wildman–Crippen MR) is 68.3 cm³/mol. The number of rotatable bonds is 3. The first-order valence-corrected chi connectivity index (χ1v) is 6.03. The molecule has 0 aliphatic rings. The fourth-order valence-electron chi connectivity index (χ4n) is 1.52. The Morgan fingerprint density at radius 3 is 3.11 bits per heavy atom. The average Bonchev–Trinajstić information content (AvgIpc) is 2.68. The highest BCUT2D eigenvalue weighted by Crippen LogP contribution is 2.17. The molecule has 0 fully saturated rings. The Kier molecular flexibility index (Phi) is 3.15. The molecule has 2 heterocycles. The SMILES string of the molecule is C=CCNC(=O)c1c(O)nc2scc(C)n2c1=O. The number of carbonyl (C=O) groups excluding carboxylic acids is 1. The summed E-state index contributed by atoms with van der Waals surface area (Å²) < 4.78 is 1.30. The molecule has 0 atom stereocenters. The van der Waals surface area contributed by atoms with Gasteiger partial charge in [-0.15, -0.1) is 17.9 Å². The van der Waals surface area contributed by atoms with Crippen LogP contribution in [0.2, 0.25) is 0 Å². The van der Waals surface area contributed by atoms with Gasteiger partial charge < -0.3 is 10.4 Å². The summed E-state index contributed by atoms with van der Waals surface area (Å²) in [6.45, 7) is 5.39. The Morgan fingerprint density at radius 2 is 2.44 bits per heavy atom. The molecule has 2 rings (SSSR count). The van der Waals surface area contributed by atoms with E-state index in [9.17, 15) is 14.7 Å². The Bertz CT molecular complexity index is 687. The number of carbonyl (C=O) groups is 1. The van der Waals surface area contributed by atoms with Gasteiger partial charge in [0.2, 0.25) is 5.88 Å². The quantitative estimate of drug-likeness (QED) is 0.800. The normalized spacial score (nSPS) is 10.5. The lowest BCUT2D eigenvalue weighted by Crippen LogP contribution is -2.31. The number of fused-ring (bicyclic) bond motifs is 1. The van der Waals surface area contributed by atoms with Crippen molar-refractivity contribution >= 4 is 22.2 Å². The van der Waals surface area contributed by atoms with Crippen LogP contribution in [0.4, 0.5) is 0 Å². The van der Waals surface area contributed by atoms with Crippen molar-refractivity contribution in [1.82, 2.24) is 14.7 Å². The minimum atomic E-state index is -0.662. The van der Waals surface area contributed by atoms with Crippen molar-refractivity contribution in [2.24, 2.45) is 0 Å². The standard InChI is InChI=1S/C11H11N3O3S/c1-3-4-12-8(15)7-9(16)13-11-14(10(7)17)6(2)5-18-11/h3,5,16H,1,4H2,2H3,(H,12,15). The highest BCUT2D eigenvalue weighted by Gasteiger charge is 2.20. The molecule has 0 aliphatic carbocycles. The Hall–Kier alpha value is -2.15. The smallest absolute Gasteiger partial charge is 0.275 e. The van der Waals surface area contributed by atoms with E-state index < -0.39 is 17.3 Å². The fourth-order valence-corrected chi connectivity index (χ4v) is 2.38. The molecule has 1 amide bonds. The van der Waals surface area contributed by atoms with Gasteiger partial charge in [0.05, 0.1) is 0 Å². The summed E-state index contributed by atoms with van der Waals surface area (Å²) in [4.78, 5) is 28.1. The first kappa shape index (κ1) is 12.3. The topological polar surface area (TPSA) is 83.7 Å². The first-order chi connectivity index (χ1) is 8.56. The van der Waals surface area contributed by atoms with E-state index in [1.807, 2.05) is 0 Å². The fraction of sp³-hybridized carbons (Fsp3) is 0.182. The molecule has 2 aromatic rings. The summed E-state index contributed by atoms with van der Waals surface area (Å²) in [6, 6.07) is 0. The number of nitrogens with zero attached hydrogens (tertiary/aromatic N) is 2. The van der Waals surface area contributed by atoms with Crippen molar-refractivity contribution in [1.29, 1.82) is 0 Å². The Labute approximate surface area is 106 Å². The summed E-state index contributed by atoms with van der Waals surface area (Å²) in [7, 11) is 0. The van der Waals surface area contributed by atoms with E-state index in [2.05, 4.69) is 16.9 Å². The third-order valence-electron chi connectivity index (χ3n) is 2.36. The van der Waals surface area contributed by atoms with E-state index in [0.717, 1.165) is 0 Å². The van der Waals surface area contributed by atoms with E-state index in [1.165, 1.54) is 21.8 Å². The highest BCUT2D eigenvalue weighted by molar-refractivity contribution is 7.15. The molecule has 0 saturated carbocycles. The maximum Gasteiger partial charge on any atom is 0.275 e. The zero-order chi connectivity index (χ0) is 13.3. The molecule has 0 bridgehead atoms. The lowest BCUT2D eigenvalue weighted by Gasteiger charge is -2.04. The second kappa shape index (κ2) is 4.61. The van der Waals surface area contributed by atoms with Crippen molar-refractivity contribution in [3.05, 3.63) is 39.6 Å². The van der Waals surface area contributed by atoms with Gasteiger partial charge in [0, 0.05) is 17.6 Å². The summed E-state index contributed by atoms with van der Waals surface area (Å²) in [5, 5.41) is 13.8. The molecule has 6 nitrogen and oxygen atoms in total. The molecule has 0 saturated heterocycles. The van der Waals surface area contributed by atoms with Crippen LogP contribution in [0.15, 0.2) is 22.8 Å². The lowest BCUT2D eigenvalue weighted by molar-refractivity contribution is 0.0953. The number of hydrogen-bond donors (Lipinski definition) is 2. The molecule has 2 aromatic heterocycles. The molecule has 0 radical (unpaired) electrons. The summed E-state index contributed by atoms with van der Waals surface area (Å²) in [5.41, 5.74) is -0.251. The van der Waals surface area contributed by atoms with Crippen LogP contribution in [0.25, 0.3) is 4.96 Å². The number of amides is 1. The van der Waals surface area contributed by atoms with Gasteiger partial charge in [-0.25, -0.2) is 0 Å². The number of aromatic hydroxyl groups is 1. The minimum Gasteiger partial charge on any atom is -0.492 e. The largest absolute Gasteiger partial charge is 0.492 e. The minimum absolute atomic E-state index is 0.211. The van der Waals surface area contributed by atoms with Gasteiger partial charge in [-0.3, -0.25) is 14.0 Å². The second-order valence-electron chi connectivity index (χ2n) is 3.61. The molecule has 0 aliphatic heterocycles. The van der Waals surface area contributed by atoms with Gasteiger partial charge in [0.15, 0.2) is 10.5 Å². The zero-order valence-electron chi connectivity index (χ0n) is 9.64. The van der Waals surface area contributed by atoms with Crippen molar-refractivity contribution in [2.75, 3.05) is 6.54 Å². The van der Waals surface area contributed by atoms with Crippen LogP contribution in [-0.2, 0) is 0 Å². The predicted octanol–water partition coefficient (Wildman–Crippen LogP) is 0.686. The molecule has 0 spiro atoms. The maximum absolute atomic E-state index is 12.1. The second-order valence-corrected chi connectivity index (χ2v) is 4.45. The zero-order valence-corrected chi connectivity index (χ0v) is 10.5. The van der Waals surface area contributed by atoms with E-state index in [4.69, 9.17) is 0 Å². The van der Waals surface area contributed by atoms with Crippen LogP contribution in [0.3, 0.4) is 0 Å². The molecule has 2 N–H and O–H groups in total. The molecular weight excluding hydrogens is 254 g/mol. The Balaban J connectivity index is 2.63. The van der Waals surface area contributed by atoms with Crippen molar-refractivity contribution < 1.29 is 9.90 Å². The van der Waals surface area contributed by atoms with E-state index in [-0.39, 0.29) is 12.1 Å². The molecule has 94 valence electrons. The van der Waals surface area contributed by atoms with Gasteiger partial charge in [0.1, 0.15) is 0 Å². The van der Waals surface area contributed by atoms with Crippen LogP contribution in [-0.4, -0.2) is 26.9 Å². The average molecular weight is 265 g/mol. The first-order valence-electron chi connectivity index (χ1n) is 5.15. The third-order valence-corrected chi connectivity index (χ3v) is 3.30. The highest BCUT2D eigenvalue weighted by atomic mass is 32.1. The van der Waals surface area contributed by atoms with E-state index in [0.29, 0.717) is 10.7 Å². The van der Waals surface area contributed by atoms with Crippen LogP contribution in [0, 0.1) is 6.92 Å². The van der Waals surface area contributed by atoms with E-state index >= 15 is 0 Å². The van der Waals surface area contributed by atoms with Gasteiger partial charge in [-0.2, -0.15) is 4.98 Å². The monoisotopic (exact) mass is 265 g/mol. The number of nitrogens with one attached hydrogen (secondary N) is 1. The number of thiazole rings is 1. The molecule has 0 unspecified atom stereocenters. The summed E-state index contributed by atoms with van der Waals surface area (Å²) >= 11 is 1.22. The molecular formula is C11H11N3O3S. The molecule has 7 heteroatoms. The van der Waals surface area contributed by atoms with Gasteiger partial charge in [-0.1, -0.05) is 6.08 Å². The van der Waals surface area contributed by atoms with Crippen LogP contribution in [0.5, 0.6) is 5.88 Å². The van der Waals surface area contributed by atoms with Crippen molar-refractivity contribution in [3.63, 3.8) is 0 Å². The molecule has 0 aromatic carbocycles. The van der Waals surface area contributed by atoms with Crippen LogP contribution >= 0.6 is 11.3 Å². The molecule has 18 heavy (non-hydrogen) atoms. The van der Waals surface area contributed by atoms with E-state index in [1.54, 1.807) is 12.3 Å². The van der Waals surface area contributed by atoms with Crippen molar-refractivity contribution in [2.45, 2.75) is 6.92 Å². The number of aryl methyl sites for hydroxylation is 1. The van der Waals surface area contributed by atoms with Gasteiger partial charge in [-0.05, 0) is 6.92 Å².